The molecule has 1 N–H and O–H groups in total. The molecule has 0 spiro atoms. The van der Waals surface area contributed by atoms with E-state index in [1.54, 1.807) is 18.2 Å². The van der Waals surface area contributed by atoms with Gasteiger partial charge in [-0.2, -0.15) is 11.8 Å². The first-order chi connectivity index (χ1) is 24.7. The Kier molecular flexibility index (Phi) is 10.7. The number of benzene rings is 2. The second-order valence-electron chi connectivity index (χ2n) is 14.8. The molecule has 1 aliphatic carbocycles. The van der Waals surface area contributed by atoms with E-state index in [4.69, 9.17) is 37.9 Å². The van der Waals surface area contributed by atoms with Gasteiger partial charge in [-0.05, 0) is 81.5 Å². The van der Waals surface area contributed by atoms with Gasteiger partial charge < -0.3 is 43.2 Å². The fourth-order valence-electron chi connectivity index (χ4n) is 8.22. The molecule has 4 aliphatic rings. The van der Waals surface area contributed by atoms with Gasteiger partial charge in [-0.3, -0.25) is 4.79 Å². The van der Waals surface area contributed by atoms with Gasteiger partial charge in [0.15, 0.2) is 23.0 Å². The molecule has 1 radical (unpaired) electrons. The number of carbonyl (C=O) groups is 3. The number of cyclic esters (lactones) is 1. The van der Waals surface area contributed by atoms with Crippen molar-refractivity contribution in [2.45, 2.75) is 82.2 Å². The van der Waals surface area contributed by atoms with Crippen molar-refractivity contribution in [2.24, 2.45) is 11.8 Å². The van der Waals surface area contributed by atoms with E-state index < -0.39 is 65.1 Å². The van der Waals surface area contributed by atoms with Crippen molar-refractivity contribution in [3.05, 3.63) is 41.0 Å². The Morgan fingerprint density at radius 1 is 0.923 bits per heavy atom. The minimum atomic E-state index is -1.05. The number of hydrogen-bond acceptors (Lipinski definition) is 13. The molecule has 3 aliphatic heterocycles. The Bertz CT molecular complexity index is 1660. The molecular formula is C37H47N2O12S. The number of amides is 1. The number of piperidine rings is 1. The molecule has 2 saturated heterocycles. The minimum absolute atomic E-state index is 0.00514. The maximum Gasteiger partial charge on any atom is 0.408 e. The van der Waals surface area contributed by atoms with Crippen LogP contribution in [0.4, 0.5) is 4.79 Å². The molecule has 1 unspecified atom stereocenters. The number of nitrogens with zero attached hydrogens (tertiary/aromatic N) is 1. The Morgan fingerprint density at radius 3 is 2.12 bits per heavy atom. The van der Waals surface area contributed by atoms with E-state index in [1.165, 1.54) is 33.1 Å². The second kappa shape index (κ2) is 14.7. The fourth-order valence-corrected chi connectivity index (χ4v) is 8.69. The van der Waals surface area contributed by atoms with E-state index in [9.17, 15) is 19.6 Å². The third kappa shape index (κ3) is 7.02. The fraction of sp³-hybridized carbons (Fsp3) is 0.595. The highest BCUT2D eigenvalue weighted by molar-refractivity contribution is 7.98. The molecule has 2 fully saturated rings. The van der Waals surface area contributed by atoms with E-state index in [-0.39, 0.29) is 19.8 Å². The lowest BCUT2D eigenvalue weighted by atomic mass is 9.66. The van der Waals surface area contributed by atoms with E-state index in [0.29, 0.717) is 64.0 Å². The zero-order chi connectivity index (χ0) is 37.5. The standard InChI is InChI=1S/C37H47N2O12S/c1-36(2)15-20(16-37(3,4)39(36)43)50-35(42)38-24(9-10-52-8)33(40)51-31-22-14-26-25(48-18-49-26)13-21(22)29(30-23(31)17-47-34(30)41)19-11-27(44-5)32(46-7)28(12-19)45-6/h11-14,20,23-24,29-31H,9-10,15-18H2,1-8H3,(H,38,42)/t23-,24?,29+,30-,31-/m0/s1. The SMILES string of the molecule is COc1cc([C@@H]2c3cc4c(cc3[C@H](OC(=O)C(CCSC)NC(=O)OC3CC(C)(C)N([O])C(C)(C)C3)[C@H]3COC(=O)[C@H]23)OCO4)cc(OC)c1OC. The van der Waals surface area contributed by atoms with Crippen molar-refractivity contribution in [1.29, 1.82) is 0 Å². The van der Waals surface area contributed by atoms with Crippen molar-refractivity contribution in [3.8, 4) is 28.7 Å². The lowest BCUT2D eigenvalue weighted by Crippen LogP contribution is -2.60. The Hall–Kier alpha value is -4.08. The van der Waals surface area contributed by atoms with Gasteiger partial charge in [0, 0.05) is 41.3 Å². The highest BCUT2D eigenvalue weighted by Gasteiger charge is 2.54. The van der Waals surface area contributed by atoms with E-state index in [2.05, 4.69) is 5.32 Å². The average Bonchev–Trinajstić information content (AvgIpc) is 3.73. The van der Waals surface area contributed by atoms with Crippen LogP contribution in [-0.4, -0.2) is 93.1 Å². The molecule has 15 heteroatoms. The van der Waals surface area contributed by atoms with Gasteiger partial charge in [-0.15, -0.1) is 10.3 Å². The summed E-state index contributed by atoms with van der Waals surface area (Å²) >= 11 is 1.52. The summed E-state index contributed by atoms with van der Waals surface area (Å²) in [6, 6.07) is 6.14. The number of rotatable bonds is 11. The molecule has 14 nitrogen and oxygen atoms in total. The molecule has 283 valence electrons. The zero-order valence-electron chi connectivity index (χ0n) is 30.8. The van der Waals surface area contributed by atoms with Crippen LogP contribution in [0.1, 0.15) is 75.7 Å². The first-order valence-corrected chi connectivity index (χ1v) is 18.7. The van der Waals surface area contributed by atoms with Crippen LogP contribution in [0.25, 0.3) is 0 Å². The Balaban J connectivity index is 1.32. The maximum atomic E-state index is 14.1. The smallest absolute Gasteiger partial charge is 0.408 e. The number of alkyl carbamates (subject to hydrolysis) is 1. The van der Waals surface area contributed by atoms with Crippen LogP contribution < -0.4 is 29.0 Å². The van der Waals surface area contributed by atoms with Crippen molar-refractivity contribution in [3.63, 3.8) is 0 Å². The Labute approximate surface area is 307 Å². The number of ether oxygens (including phenoxy) is 8. The van der Waals surface area contributed by atoms with E-state index in [1.807, 2.05) is 40.0 Å². The Morgan fingerprint density at radius 2 is 1.54 bits per heavy atom. The van der Waals surface area contributed by atoms with Crippen LogP contribution in [0, 0.1) is 11.8 Å². The van der Waals surface area contributed by atoms with Gasteiger partial charge in [0.1, 0.15) is 18.2 Å². The second-order valence-corrected chi connectivity index (χ2v) is 15.8. The quantitative estimate of drug-likeness (QED) is 0.237. The highest BCUT2D eigenvalue weighted by Crippen LogP contribution is 2.56. The topological polar surface area (TPSA) is 160 Å². The molecule has 2 aromatic carbocycles. The predicted molar refractivity (Wildman–Crippen MR) is 187 cm³/mol. The monoisotopic (exact) mass is 743 g/mol. The van der Waals surface area contributed by atoms with Crippen LogP contribution in [0.2, 0.25) is 0 Å². The third-order valence-corrected chi connectivity index (χ3v) is 11.1. The number of fused-ring (bicyclic) bond motifs is 3. The molecule has 2 aromatic rings. The predicted octanol–water partition coefficient (Wildman–Crippen LogP) is 5.18. The van der Waals surface area contributed by atoms with Crippen LogP contribution in [0.5, 0.6) is 28.7 Å². The molecule has 0 saturated carbocycles. The number of esters is 2. The molecule has 6 rings (SSSR count). The van der Waals surface area contributed by atoms with Crippen LogP contribution in [0.3, 0.4) is 0 Å². The number of hydrogen-bond donors (Lipinski definition) is 1. The van der Waals surface area contributed by atoms with Crippen molar-refractivity contribution in [2.75, 3.05) is 46.7 Å². The molecule has 0 bridgehead atoms. The molecule has 1 amide bonds. The summed E-state index contributed by atoms with van der Waals surface area (Å²) in [7, 11) is 4.55. The minimum Gasteiger partial charge on any atom is -0.493 e. The molecule has 0 aromatic heterocycles. The van der Waals surface area contributed by atoms with Gasteiger partial charge in [0.25, 0.3) is 0 Å². The number of carbonyl (C=O) groups excluding carboxylic acids is 3. The highest BCUT2D eigenvalue weighted by atomic mass is 32.2. The third-order valence-electron chi connectivity index (χ3n) is 10.4. The summed E-state index contributed by atoms with van der Waals surface area (Å²) < 4.78 is 46.1. The molecule has 3 heterocycles. The summed E-state index contributed by atoms with van der Waals surface area (Å²) in [4.78, 5) is 41.1. The summed E-state index contributed by atoms with van der Waals surface area (Å²) in [6.07, 6.45) is 0.617. The van der Waals surface area contributed by atoms with Crippen molar-refractivity contribution < 1.29 is 57.5 Å². The van der Waals surface area contributed by atoms with Crippen molar-refractivity contribution in [1.82, 2.24) is 10.4 Å². The van der Waals surface area contributed by atoms with E-state index in [0.717, 1.165) is 5.06 Å². The summed E-state index contributed by atoms with van der Waals surface area (Å²) in [5.41, 5.74) is 0.509. The maximum absolute atomic E-state index is 14.1. The average molecular weight is 744 g/mol. The van der Waals surface area contributed by atoms with Crippen LogP contribution in [-0.2, 0) is 29.0 Å². The van der Waals surface area contributed by atoms with Gasteiger partial charge in [0.2, 0.25) is 12.5 Å². The largest absolute Gasteiger partial charge is 0.493 e. The lowest BCUT2D eigenvalue weighted by Gasteiger charge is -2.49. The number of thioether (sulfide) groups is 1. The number of methoxy groups -OCH3 is 3. The summed E-state index contributed by atoms with van der Waals surface area (Å²) in [5.74, 6) is -0.287. The van der Waals surface area contributed by atoms with Crippen LogP contribution in [0.15, 0.2) is 24.3 Å². The van der Waals surface area contributed by atoms with Gasteiger partial charge in [0.05, 0.1) is 33.9 Å². The van der Waals surface area contributed by atoms with E-state index >= 15 is 0 Å². The van der Waals surface area contributed by atoms with Gasteiger partial charge >= 0.3 is 18.0 Å². The normalized spacial score (nSPS) is 24.9. The van der Waals surface area contributed by atoms with Crippen LogP contribution >= 0.6 is 11.8 Å². The summed E-state index contributed by atoms with van der Waals surface area (Å²) in [5, 5.41) is 16.6. The first kappa shape index (κ1) is 37.7. The number of hydroxylamine groups is 2. The summed E-state index contributed by atoms with van der Waals surface area (Å²) in [6.45, 7) is 7.29. The number of nitrogens with one attached hydrogen (secondary N) is 1. The molecule has 52 heavy (non-hydrogen) atoms. The van der Waals surface area contributed by atoms with Gasteiger partial charge in [-0.25, -0.2) is 9.59 Å². The first-order valence-electron chi connectivity index (χ1n) is 17.3. The molecule has 5 atom stereocenters. The van der Waals surface area contributed by atoms with Gasteiger partial charge in [-0.1, -0.05) is 0 Å². The van der Waals surface area contributed by atoms with Crippen molar-refractivity contribution >= 4 is 29.8 Å². The molecular weight excluding hydrogens is 696 g/mol. The lowest BCUT2D eigenvalue weighted by molar-refractivity contribution is -0.298. The zero-order valence-corrected chi connectivity index (χ0v) is 31.6.